The number of aromatic nitrogens is 1. The van der Waals surface area contributed by atoms with Crippen molar-refractivity contribution in [3.8, 4) is 0 Å². The Kier molecular flexibility index (Phi) is 6.25. The molecule has 0 amide bonds. The van der Waals surface area contributed by atoms with Crippen molar-refractivity contribution < 1.29 is 21.6 Å². The summed E-state index contributed by atoms with van der Waals surface area (Å²) in [4.78, 5) is 16.0. The fourth-order valence-corrected chi connectivity index (χ4v) is 5.17. The van der Waals surface area contributed by atoms with Gasteiger partial charge in [-0.25, -0.2) is 27.0 Å². The average Bonchev–Trinajstić information content (AvgIpc) is 2.88. The molecule has 1 N–H and O–H groups in total. The van der Waals surface area contributed by atoms with Crippen LogP contribution >= 0.6 is 0 Å². The third-order valence-corrected chi connectivity index (χ3v) is 7.53. The normalized spacial score (nSPS) is 12.2. The molecule has 0 atom stereocenters. The summed E-state index contributed by atoms with van der Waals surface area (Å²) in [5, 5.41) is 1.94. The molecule has 2 heterocycles. The van der Waals surface area contributed by atoms with Crippen LogP contribution in [0.2, 0.25) is 0 Å². The molecule has 188 valence electrons. The van der Waals surface area contributed by atoms with E-state index < -0.39 is 28.0 Å². The van der Waals surface area contributed by atoms with E-state index in [-0.39, 0.29) is 27.2 Å². The molecule has 0 fully saturated rings. The highest BCUT2D eigenvalue weighted by atomic mass is 32.2. The second kappa shape index (κ2) is 9.40. The number of hydrogen-bond donors (Lipinski definition) is 1. The maximum absolute atomic E-state index is 14.5. The van der Waals surface area contributed by atoms with Crippen LogP contribution in [0.4, 0.5) is 14.6 Å². The van der Waals surface area contributed by atoms with Crippen molar-refractivity contribution in [3.63, 3.8) is 0 Å². The Labute approximate surface area is 211 Å². The van der Waals surface area contributed by atoms with Crippen LogP contribution in [0.1, 0.15) is 30.0 Å². The van der Waals surface area contributed by atoms with Gasteiger partial charge in [-0.2, -0.15) is 0 Å². The van der Waals surface area contributed by atoms with Gasteiger partial charge in [-0.15, -0.1) is 0 Å². The summed E-state index contributed by atoms with van der Waals surface area (Å²) in [7, 11) is -3.87. The van der Waals surface area contributed by atoms with E-state index in [1.54, 1.807) is 36.5 Å². The van der Waals surface area contributed by atoms with Crippen LogP contribution in [0.15, 0.2) is 99.2 Å². The second-order valence-corrected chi connectivity index (χ2v) is 10.4. The first-order valence-corrected chi connectivity index (χ1v) is 13.0. The molecule has 5 rings (SSSR count). The summed E-state index contributed by atoms with van der Waals surface area (Å²) in [6.45, 7) is 1.35. The summed E-state index contributed by atoms with van der Waals surface area (Å²) in [6, 6.07) is 21.1. The van der Waals surface area contributed by atoms with Gasteiger partial charge in [-0.3, -0.25) is 4.72 Å². The summed E-state index contributed by atoms with van der Waals surface area (Å²) in [6.07, 6.45) is 1.52. The lowest BCUT2D eigenvalue weighted by molar-refractivity contribution is -0.00714. The Bertz CT molecular complexity index is 1780. The van der Waals surface area contributed by atoms with Gasteiger partial charge in [-0.05, 0) is 53.3 Å². The lowest BCUT2D eigenvalue weighted by Crippen LogP contribution is -2.15. The highest BCUT2D eigenvalue weighted by Crippen LogP contribution is 2.36. The summed E-state index contributed by atoms with van der Waals surface area (Å²) in [5.41, 5.74) is 0.395. The molecule has 6 nitrogen and oxygen atoms in total. The number of rotatable bonds is 7. The van der Waals surface area contributed by atoms with Crippen LogP contribution in [0.3, 0.4) is 0 Å². The van der Waals surface area contributed by atoms with Crippen LogP contribution in [-0.4, -0.2) is 13.4 Å². The van der Waals surface area contributed by atoms with Gasteiger partial charge in [0.25, 0.3) is 15.9 Å². The minimum Gasteiger partial charge on any atom is -0.423 e. The Morgan fingerprint density at radius 1 is 0.919 bits per heavy atom. The highest BCUT2D eigenvalue weighted by Gasteiger charge is 2.32. The van der Waals surface area contributed by atoms with Crippen molar-refractivity contribution in [1.82, 2.24) is 4.98 Å². The molecule has 2 aromatic heterocycles. The SMILES string of the molecule is CCC(F)(F)c1cc(=O)oc2ccc(Cc3ccc(S(=O)(=O)Nc4cc5ccccc5cn4)cc3)cc12. The predicted octanol–water partition coefficient (Wildman–Crippen LogP) is 6.23. The van der Waals surface area contributed by atoms with Crippen LogP contribution in [-0.2, 0) is 22.4 Å². The third-order valence-electron chi connectivity index (χ3n) is 6.16. The summed E-state index contributed by atoms with van der Waals surface area (Å²) < 4.78 is 62.4. The zero-order valence-electron chi connectivity index (χ0n) is 19.7. The van der Waals surface area contributed by atoms with Crippen LogP contribution < -0.4 is 10.3 Å². The van der Waals surface area contributed by atoms with Crippen LogP contribution in [0, 0.1) is 0 Å². The van der Waals surface area contributed by atoms with Crippen molar-refractivity contribution >= 4 is 37.6 Å². The maximum atomic E-state index is 14.5. The molecule has 37 heavy (non-hydrogen) atoms. The number of halogens is 2. The molecule has 0 radical (unpaired) electrons. The summed E-state index contributed by atoms with van der Waals surface area (Å²) in [5.74, 6) is -2.96. The molecule has 0 aliphatic heterocycles. The fraction of sp³-hybridized carbons (Fsp3) is 0.143. The van der Waals surface area contributed by atoms with E-state index in [1.807, 2.05) is 24.3 Å². The number of pyridine rings is 1. The molecule has 0 aliphatic rings. The zero-order valence-corrected chi connectivity index (χ0v) is 20.6. The van der Waals surface area contributed by atoms with Gasteiger partial charge in [0, 0.05) is 35.0 Å². The van der Waals surface area contributed by atoms with E-state index in [2.05, 4.69) is 9.71 Å². The van der Waals surface area contributed by atoms with Crippen molar-refractivity contribution in [1.29, 1.82) is 0 Å². The van der Waals surface area contributed by atoms with Gasteiger partial charge in [0.05, 0.1) is 4.90 Å². The molecular formula is C28H22F2N2O4S. The number of nitrogens with one attached hydrogen (secondary N) is 1. The Balaban J connectivity index is 1.38. The lowest BCUT2D eigenvalue weighted by Gasteiger charge is -2.16. The minimum absolute atomic E-state index is 0.0661. The van der Waals surface area contributed by atoms with Gasteiger partial charge in [0.1, 0.15) is 11.4 Å². The molecule has 3 aromatic carbocycles. The Morgan fingerprint density at radius 2 is 1.62 bits per heavy atom. The largest absolute Gasteiger partial charge is 0.423 e. The van der Waals surface area contributed by atoms with E-state index >= 15 is 0 Å². The quantitative estimate of drug-likeness (QED) is 0.257. The number of sulfonamides is 1. The minimum atomic E-state index is -3.87. The lowest BCUT2D eigenvalue weighted by atomic mass is 9.98. The van der Waals surface area contributed by atoms with E-state index in [1.165, 1.54) is 25.1 Å². The molecule has 0 spiro atoms. The van der Waals surface area contributed by atoms with Crippen molar-refractivity contribution in [2.24, 2.45) is 0 Å². The topological polar surface area (TPSA) is 89.3 Å². The molecular weight excluding hydrogens is 498 g/mol. The number of alkyl halides is 2. The molecule has 9 heteroatoms. The number of benzene rings is 3. The summed E-state index contributed by atoms with van der Waals surface area (Å²) >= 11 is 0. The Morgan fingerprint density at radius 3 is 2.35 bits per heavy atom. The van der Waals surface area contributed by atoms with Gasteiger partial charge in [0.2, 0.25) is 0 Å². The number of anilines is 1. The van der Waals surface area contributed by atoms with Gasteiger partial charge >= 0.3 is 5.63 Å². The smallest absolute Gasteiger partial charge is 0.336 e. The fourth-order valence-electron chi connectivity index (χ4n) is 4.17. The van der Waals surface area contributed by atoms with Gasteiger partial charge in [0.15, 0.2) is 0 Å². The molecule has 5 aromatic rings. The number of fused-ring (bicyclic) bond motifs is 2. The predicted molar refractivity (Wildman–Crippen MR) is 138 cm³/mol. The van der Waals surface area contributed by atoms with Crippen molar-refractivity contribution in [2.45, 2.75) is 30.6 Å². The van der Waals surface area contributed by atoms with Crippen molar-refractivity contribution in [3.05, 3.63) is 112 Å². The van der Waals surface area contributed by atoms with Gasteiger partial charge < -0.3 is 4.42 Å². The first-order chi connectivity index (χ1) is 17.6. The molecule has 0 bridgehead atoms. The van der Waals surface area contributed by atoms with Gasteiger partial charge in [-0.1, -0.05) is 49.4 Å². The Hall–Kier alpha value is -4.11. The zero-order chi connectivity index (χ0) is 26.2. The van der Waals surface area contributed by atoms with E-state index in [0.29, 0.717) is 12.0 Å². The number of nitrogens with zero attached hydrogens (tertiary/aromatic N) is 1. The third kappa shape index (κ3) is 5.08. The van der Waals surface area contributed by atoms with E-state index in [0.717, 1.165) is 22.4 Å². The maximum Gasteiger partial charge on any atom is 0.336 e. The molecule has 0 saturated carbocycles. The number of hydrogen-bond acceptors (Lipinski definition) is 5. The van der Waals surface area contributed by atoms with Crippen LogP contribution in [0.25, 0.3) is 21.7 Å². The molecule has 0 aliphatic carbocycles. The van der Waals surface area contributed by atoms with Crippen molar-refractivity contribution in [2.75, 3.05) is 4.72 Å². The molecule has 0 unspecified atom stereocenters. The second-order valence-electron chi connectivity index (χ2n) is 8.71. The molecule has 0 saturated heterocycles. The van der Waals surface area contributed by atoms with E-state index in [9.17, 15) is 22.0 Å². The standard InChI is InChI=1S/C28H22F2N2O4S/c1-2-28(29,30)24-16-27(33)36-25-12-9-19(14-23(24)25)13-18-7-10-22(11-8-18)37(34,35)32-26-15-20-5-3-4-6-21(20)17-31-26/h3-12,14-17H,2,13H2,1H3,(H,31,32). The van der Waals surface area contributed by atoms with E-state index in [4.69, 9.17) is 4.42 Å². The monoisotopic (exact) mass is 520 g/mol. The highest BCUT2D eigenvalue weighted by molar-refractivity contribution is 7.92. The van der Waals surface area contributed by atoms with Crippen LogP contribution in [0.5, 0.6) is 0 Å². The first kappa shape index (κ1) is 24.6. The first-order valence-electron chi connectivity index (χ1n) is 11.6. The average molecular weight is 521 g/mol.